The molecule has 0 aromatic heterocycles. The van der Waals surface area contributed by atoms with Crippen molar-refractivity contribution in [3.8, 4) is 0 Å². The summed E-state index contributed by atoms with van der Waals surface area (Å²) in [5, 5.41) is 2.85. The second kappa shape index (κ2) is 10.2. The van der Waals surface area contributed by atoms with Crippen molar-refractivity contribution >= 4 is 17.6 Å². The van der Waals surface area contributed by atoms with Gasteiger partial charge in [-0.05, 0) is 35.1 Å². The molecular formula is C25H25NO3. The number of benzene rings is 3. The normalized spacial score (nSPS) is 11.5. The van der Waals surface area contributed by atoms with Gasteiger partial charge in [-0.2, -0.15) is 0 Å². The molecule has 0 heterocycles. The van der Waals surface area contributed by atoms with Crippen LogP contribution in [-0.2, 0) is 20.7 Å². The maximum Gasteiger partial charge on any atom is 0.306 e. The van der Waals surface area contributed by atoms with Crippen molar-refractivity contribution in [2.24, 2.45) is 0 Å². The van der Waals surface area contributed by atoms with Crippen molar-refractivity contribution in [2.75, 3.05) is 11.9 Å². The maximum absolute atomic E-state index is 12.3. The second-order valence-electron chi connectivity index (χ2n) is 7.04. The standard InChI is InChI=1S/C25H25NO3/c1-19(21-12-6-3-7-13-21)16-25(28)29-18-24(27)26-23-15-9-8-14-22(23)17-20-10-4-2-5-11-20/h2-15,19H,16-18H2,1H3,(H,26,27)/t19-/m0/s1. The van der Waals surface area contributed by atoms with E-state index in [1.54, 1.807) is 0 Å². The van der Waals surface area contributed by atoms with Gasteiger partial charge in [-0.3, -0.25) is 9.59 Å². The molecule has 0 saturated heterocycles. The van der Waals surface area contributed by atoms with Crippen LogP contribution in [0.2, 0.25) is 0 Å². The Hall–Kier alpha value is -3.40. The number of ether oxygens (including phenoxy) is 1. The number of anilines is 1. The molecule has 29 heavy (non-hydrogen) atoms. The van der Waals surface area contributed by atoms with Gasteiger partial charge in [0.1, 0.15) is 0 Å². The Labute approximate surface area is 171 Å². The van der Waals surface area contributed by atoms with Gasteiger partial charge < -0.3 is 10.1 Å². The van der Waals surface area contributed by atoms with Crippen LogP contribution in [0.1, 0.15) is 36.0 Å². The number of para-hydroxylation sites is 1. The molecule has 148 valence electrons. The molecule has 0 aliphatic rings. The number of esters is 1. The zero-order valence-electron chi connectivity index (χ0n) is 16.5. The molecule has 3 rings (SSSR count). The van der Waals surface area contributed by atoms with Crippen LogP contribution in [0.25, 0.3) is 0 Å². The molecule has 0 spiro atoms. The fraction of sp³-hybridized carbons (Fsp3) is 0.200. The lowest BCUT2D eigenvalue weighted by molar-refractivity contribution is -0.147. The summed E-state index contributed by atoms with van der Waals surface area (Å²) in [7, 11) is 0. The van der Waals surface area contributed by atoms with E-state index in [4.69, 9.17) is 4.74 Å². The summed E-state index contributed by atoms with van der Waals surface area (Å²) in [6.07, 6.45) is 0.952. The SMILES string of the molecule is C[C@@H](CC(=O)OCC(=O)Nc1ccccc1Cc1ccccc1)c1ccccc1. The monoisotopic (exact) mass is 387 g/mol. The van der Waals surface area contributed by atoms with Gasteiger partial charge in [0.15, 0.2) is 6.61 Å². The molecule has 0 unspecified atom stereocenters. The van der Waals surface area contributed by atoms with E-state index in [1.807, 2.05) is 91.9 Å². The minimum absolute atomic E-state index is 0.0401. The van der Waals surface area contributed by atoms with Crippen molar-refractivity contribution in [3.05, 3.63) is 102 Å². The van der Waals surface area contributed by atoms with Gasteiger partial charge in [-0.15, -0.1) is 0 Å². The zero-order valence-corrected chi connectivity index (χ0v) is 16.5. The molecule has 4 nitrogen and oxygen atoms in total. The van der Waals surface area contributed by atoms with Crippen LogP contribution < -0.4 is 5.32 Å². The average Bonchev–Trinajstić information content (AvgIpc) is 2.75. The van der Waals surface area contributed by atoms with Gasteiger partial charge in [0.25, 0.3) is 5.91 Å². The first-order chi connectivity index (χ1) is 14.1. The highest BCUT2D eigenvalue weighted by Crippen LogP contribution is 2.20. The summed E-state index contributed by atoms with van der Waals surface area (Å²) in [6, 6.07) is 27.5. The molecular weight excluding hydrogens is 362 g/mol. The molecule has 1 amide bonds. The summed E-state index contributed by atoms with van der Waals surface area (Å²) < 4.78 is 5.18. The van der Waals surface area contributed by atoms with Crippen molar-refractivity contribution < 1.29 is 14.3 Å². The number of hydrogen-bond acceptors (Lipinski definition) is 3. The molecule has 4 heteroatoms. The van der Waals surface area contributed by atoms with Gasteiger partial charge in [-0.25, -0.2) is 0 Å². The van der Waals surface area contributed by atoms with E-state index in [9.17, 15) is 9.59 Å². The summed E-state index contributed by atoms with van der Waals surface area (Å²) in [4.78, 5) is 24.4. The first-order valence-electron chi connectivity index (χ1n) is 9.74. The fourth-order valence-electron chi connectivity index (χ4n) is 3.15. The Kier molecular flexibility index (Phi) is 7.17. The number of carbonyl (C=O) groups is 2. The fourth-order valence-corrected chi connectivity index (χ4v) is 3.15. The molecule has 0 radical (unpaired) electrons. The lowest BCUT2D eigenvalue weighted by Gasteiger charge is -2.13. The number of amides is 1. The van der Waals surface area contributed by atoms with Crippen molar-refractivity contribution in [1.82, 2.24) is 0 Å². The Morgan fingerprint density at radius 2 is 1.48 bits per heavy atom. The third kappa shape index (κ3) is 6.32. The van der Waals surface area contributed by atoms with Crippen LogP contribution in [0.5, 0.6) is 0 Å². The first-order valence-corrected chi connectivity index (χ1v) is 9.74. The number of carbonyl (C=O) groups excluding carboxylic acids is 2. The highest BCUT2D eigenvalue weighted by Gasteiger charge is 2.14. The van der Waals surface area contributed by atoms with E-state index in [1.165, 1.54) is 0 Å². The molecule has 0 bridgehead atoms. The molecule has 1 N–H and O–H groups in total. The topological polar surface area (TPSA) is 55.4 Å². The van der Waals surface area contributed by atoms with Gasteiger partial charge in [0.2, 0.25) is 0 Å². The second-order valence-corrected chi connectivity index (χ2v) is 7.04. The summed E-state index contributed by atoms with van der Waals surface area (Å²) in [5.74, 6) is -0.682. The van der Waals surface area contributed by atoms with E-state index in [0.29, 0.717) is 6.42 Å². The van der Waals surface area contributed by atoms with Crippen LogP contribution in [0.4, 0.5) is 5.69 Å². The summed E-state index contributed by atoms with van der Waals surface area (Å²) >= 11 is 0. The summed E-state index contributed by atoms with van der Waals surface area (Å²) in [5.41, 5.74) is 3.98. The predicted molar refractivity (Wildman–Crippen MR) is 115 cm³/mol. The highest BCUT2D eigenvalue weighted by atomic mass is 16.5. The van der Waals surface area contributed by atoms with Gasteiger partial charge in [-0.1, -0.05) is 85.8 Å². The predicted octanol–water partition coefficient (Wildman–Crippen LogP) is 4.95. The van der Waals surface area contributed by atoms with Crippen LogP contribution in [0.15, 0.2) is 84.9 Å². The lowest BCUT2D eigenvalue weighted by Crippen LogP contribution is -2.22. The summed E-state index contributed by atoms with van der Waals surface area (Å²) in [6.45, 7) is 1.68. The van der Waals surface area contributed by atoms with E-state index in [2.05, 4.69) is 5.32 Å². The smallest absolute Gasteiger partial charge is 0.306 e. The lowest BCUT2D eigenvalue weighted by atomic mass is 9.98. The van der Waals surface area contributed by atoms with Gasteiger partial charge >= 0.3 is 5.97 Å². The Morgan fingerprint density at radius 1 is 0.862 bits per heavy atom. The van der Waals surface area contributed by atoms with Crippen molar-refractivity contribution in [2.45, 2.75) is 25.7 Å². The molecule has 0 fully saturated rings. The third-order valence-corrected chi connectivity index (χ3v) is 4.73. The van der Waals surface area contributed by atoms with Gasteiger partial charge in [0, 0.05) is 5.69 Å². The van der Waals surface area contributed by atoms with Crippen LogP contribution >= 0.6 is 0 Å². The Balaban J connectivity index is 1.51. The number of hydrogen-bond donors (Lipinski definition) is 1. The molecule has 3 aromatic rings. The van der Waals surface area contributed by atoms with E-state index >= 15 is 0 Å². The molecule has 1 atom stereocenters. The number of nitrogens with one attached hydrogen (secondary N) is 1. The molecule has 0 aliphatic heterocycles. The Morgan fingerprint density at radius 3 is 2.21 bits per heavy atom. The minimum atomic E-state index is -0.380. The zero-order chi connectivity index (χ0) is 20.5. The maximum atomic E-state index is 12.3. The van der Waals surface area contributed by atoms with Crippen LogP contribution in [-0.4, -0.2) is 18.5 Å². The average molecular weight is 387 g/mol. The largest absolute Gasteiger partial charge is 0.456 e. The highest BCUT2D eigenvalue weighted by molar-refractivity contribution is 5.93. The van der Waals surface area contributed by atoms with E-state index in [0.717, 1.165) is 22.4 Å². The van der Waals surface area contributed by atoms with Crippen LogP contribution in [0, 0.1) is 0 Å². The first kappa shape index (κ1) is 20.3. The van der Waals surface area contributed by atoms with E-state index in [-0.39, 0.29) is 30.8 Å². The van der Waals surface area contributed by atoms with Crippen LogP contribution in [0.3, 0.4) is 0 Å². The minimum Gasteiger partial charge on any atom is -0.456 e. The van der Waals surface area contributed by atoms with Crippen molar-refractivity contribution in [1.29, 1.82) is 0 Å². The van der Waals surface area contributed by atoms with Crippen molar-refractivity contribution in [3.63, 3.8) is 0 Å². The quantitative estimate of drug-likeness (QED) is 0.556. The molecule has 0 saturated carbocycles. The van der Waals surface area contributed by atoms with Gasteiger partial charge in [0.05, 0.1) is 6.42 Å². The number of rotatable bonds is 8. The third-order valence-electron chi connectivity index (χ3n) is 4.73. The molecule has 0 aliphatic carbocycles. The van der Waals surface area contributed by atoms with E-state index < -0.39 is 0 Å². The molecule has 3 aromatic carbocycles. The Bertz CT molecular complexity index is 939.